The second kappa shape index (κ2) is 11.0. The van der Waals surface area contributed by atoms with Crippen LogP contribution in [0.15, 0.2) is 65.7 Å². The van der Waals surface area contributed by atoms with Gasteiger partial charge in [0, 0.05) is 54.1 Å². The molecule has 198 valence electrons. The predicted molar refractivity (Wildman–Crippen MR) is 156 cm³/mol. The maximum Gasteiger partial charge on any atom is 0.181 e. The van der Waals surface area contributed by atoms with Gasteiger partial charge in [-0.3, -0.25) is 15.1 Å². The van der Waals surface area contributed by atoms with Crippen LogP contribution in [-0.4, -0.2) is 68.9 Å². The summed E-state index contributed by atoms with van der Waals surface area (Å²) in [6.45, 7) is 9.12. The van der Waals surface area contributed by atoms with Crippen molar-refractivity contribution in [2.75, 3.05) is 32.5 Å². The number of fused-ring (bicyclic) bond motifs is 2. The van der Waals surface area contributed by atoms with E-state index >= 15 is 0 Å². The van der Waals surface area contributed by atoms with Crippen LogP contribution in [0.3, 0.4) is 0 Å². The molecule has 5 aromatic rings. The number of aromatic amines is 2. The number of rotatable bonds is 9. The lowest BCUT2D eigenvalue weighted by Gasteiger charge is -2.12. The maximum absolute atomic E-state index is 14.6. The van der Waals surface area contributed by atoms with Crippen LogP contribution in [0.4, 0.5) is 10.1 Å². The van der Waals surface area contributed by atoms with E-state index in [-0.39, 0.29) is 5.82 Å². The molecule has 9 nitrogen and oxygen atoms in total. The van der Waals surface area contributed by atoms with E-state index in [1.165, 1.54) is 12.1 Å². The zero-order chi connectivity index (χ0) is 27.5. The molecular formula is C29H30FN9. The first kappa shape index (κ1) is 25.9. The van der Waals surface area contributed by atoms with Gasteiger partial charge in [0.15, 0.2) is 11.5 Å². The number of aliphatic imine (C=N–C) groups is 1. The molecular weight excluding hydrogens is 493 g/mol. The molecule has 0 amide bonds. The SMILES string of the molecule is C=NC=C(C(C)=CC)c1cnc2n[nH]c(-c3nc4c(-c5cc(F)cc(NCCN(C)C)c5)cncc4[nH]3)c2c1. The molecule has 3 N–H and O–H groups in total. The van der Waals surface area contributed by atoms with Crippen molar-refractivity contribution in [3.05, 3.63) is 72.1 Å². The van der Waals surface area contributed by atoms with Crippen molar-refractivity contribution in [2.45, 2.75) is 13.8 Å². The summed E-state index contributed by atoms with van der Waals surface area (Å²) in [6.07, 6.45) is 8.92. The highest BCUT2D eigenvalue weighted by Gasteiger charge is 2.17. The predicted octanol–water partition coefficient (Wildman–Crippen LogP) is 5.68. The molecule has 0 unspecified atom stereocenters. The summed E-state index contributed by atoms with van der Waals surface area (Å²) in [7, 11) is 3.99. The first-order valence-corrected chi connectivity index (χ1v) is 12.6. The van der Waals surface area contributed by atoms with E-state index in [0.29, 0.717) is 40.5 Å². The molecule has 0 aliphatic heterocycles. The number of likely N-dealkylation sites (N-methyl/N-ethyl adjacent to an activating group) is 1. The molecule has 0 aliphatic carbocycles. The van der Waals surface area contributed by atoms with Crippen LogP contribution in [0.2, 0.25) is 0 Å². The van der Waals surface area contributed by atoms with Crippen LogP contribution in [0, 0.1) is 5.82 Å². The van der Waals surface area contributed by atoms with E-state index in [4.69, 9.17) is 4.98 Å². The molecule has 4 heterocycles. The lowest BCUT2D eigenvalue weighted by molar-refractivity contribution is 0.425. The quantitative estimate of drug-likeness (QED) is 0.169. The van der Waals surface area contributed by atoms with Gasteiger partial charge in [-0.25, -0.2) is 14.4 Å². The number of H-pyrrole nitrogens is 2. The standard InChI is InChI=1S/C29H30FN9/c1-6-17(2)23(14-31-3)19-11-22-27(37-38-28(22)34-13-19)29-35-25-16-32-15-24(26(25)36-29)18-9-20(30)12-21(10-18)33-7-8-39(4)5/h6,9-16,33H,3,7-8H2,1-2,4-5H3,(H,35,36)(H,34,37,38). The van der Waals surface area contributed by atoms with Gasteiger partial charge >= 0.3 is 0 Å². The average molecular weight is 524 g/mol. The monoisotopic (exact) mass is 523 g/mol. The van der Waals surface area contributed by atoms with Crippen LogP contribution in [0.1, 0.15) is 19.4 Å². The minimum Gasteiger partial charge on any atom is -0.384 e. The summed E-state index contributed by atoms with van der Waals surface area (Å²) in [5, 5.41) is 11.5. The van der Waals surface area contributed by atoms with E-state index in [0.717, 1.165) is 39.7 Å². The Hall–Kier alpha value is -4.70. The van der Waals surface area contributed by atoms with E-state index in [9.17, 15) is 4.39 Å². The molecule has 0 radical (unpaired) electrons. The highest BCUT2D eigenvalue weighted by Crippen LogP contribution is 2.33. The second-order valence-corrected chi connectivity index (χ2v) is 9.52. The van der Waals surface area contributed by atoms with E-state index in [1.807, 2.05) is 46.2 Å². The van der Waals surface area contributed by atoms with Crippen molar-refractivity contribution in [1.29, 1.82) is 0 Å². The number of pyridine rings is 2. The zero-order valence-corrected chi connectivity index (χ0v) is 22.4. The van der Waals surface area contributed by atoms with Crippen LogP contribution < -0.4 is 5.32 Å². The maximum atomic E-state index is 14.6. The lowest BCUT2D eigenvalue weighted by atomic mass is 10.0. The topological polar surface area (TPSA) is 111 Å². The lowest BCUT2D eigenvalue weighted by Crippen LogP contribution is -2.20. The summed E-state index contributed by atoms with van der Waals surface area (Å²) in [5.41, 5.74) is 7.63. The molecule has 0 saturated heterocycles. The number of hydrogen-bond acceptors (Lipinski definition) is 7. The number of hydrogen-bond donors (Lipinski definition) is 3. The average Bonchev–Trinajstić information content (AvgIpc) is 3.54. The van der Waals surface area contributed by atoms with Gasteiger partial charge < -0.3 is 15.2 Å². The van der Waals surface area contributed by atoms with Crippen LogP contribution in [-0.2, 0) is 0 Å². The van der Waals surface area contributed by atoms with Crippen molar-refractivity contribution < 1.29 is 4.39 Å². The second-order valence-electron chi connectivity index (χ2n) is 9.52. The fraction of sp³-hybridized carbons (Fsp3) is 0.207. The normalized spacial score (nSPS) is 12.6. The van der Waals surface area contributed by atoms with Crippen molar-refractivity contribution in [2.24, 2.45) is 4.99 Å². The molecule has 0 spiro atoms. The number of nitrogens with zero attached hydrogens (tertiary/aromatic N) is 6. The van der Waals surface area contributed by atoms with Gasteiger partial charge in [0.2, 0.25) is 0 Å². The Balaban J connectivity index is 1.57. The molecule has 1 aromatic carbocycles. The van der Waals surface area contributed by atoms with Crippen molar-refractivity contribution in [3.8, 4) is 22.6 Å². The van der Waals surface area contributed by atoms with Gasteiger partial charge in [-0.05, 0) is 70.1 Å². The molecule has 39 heavy (non-hydrogen) atoms. The number of aromatic nitrogens is 6. The van der Waals surface area contributed by atoms with Crippen LogP contribution in [0.5, 0.6) is 0 Å². The number of nitrogens with one attached hydrogen (secondary N) is 3. The van der Waals surface area contributed by atoms with E-state index in [1.54, 1.807) is 24.8 Å². The number of anilines is 1. The molecule has 0 atom stereocenters. The number of imidazole rings is 1. The van der Waals surface area contributed by atoms with Crippen molar-refractivity contribution in [3.63, 3.8) is 0 Å². The summed E-state index contributed by atoms with van der Waals surface area (Å²) >= 11 is 0. The largest absolute Gasteiger partial charge is 0.384 e. The fourth-order valence-electron chi connectivity index (χ4n) is 4.41. The molecule has 0 fully saturated rings. The van der Waals surface area contributed by atoms with Crippen molar-refractivity contribution >= 4 is 40.0 Å². The Bertz CT molecular complexity index is 1730. The minimum absolute atomic E-state index is 0.333. The van der Waals surface area contributed by atoms with Gasteiger partial charge in [0.1, 0.15) is 11.5 Å². The summed E-state index contributed by atoms with van der Waals surface area (Å²) in [5.74, 6) is 0.247. The Morgan fingerprint density at radius 1 is 1.18 bits per heavy atom. The third-order valence-electron chi connectivity index (χ3n) is 6.53. The Morgan fingerprint density at radius 3 is 2.79 bits per heavy atom. The van der Waals surface area contributed by atoms with Crippen LogP contribution >= 0.6 is 0 Å². The van der Waals surface area contributed by atoms with E-state index < -0.39 is 0 Å². The van der Waals surface area contributed by atoms with Crippen molar-refractivity contribution in [1.82, 2.24) is 35.0 Å². The molecule has 4 aromatic heterocycles. The van der Waals surface area contributed by atoms with Gasteiger partial charge in [-0.1, -0.05) is 6.08 Å². The van der Waals surface area contributed by atoms with Gasteiger partial charge in [0.05, 0.1) is 22.6 Å². The number of benzene rings is 1. The molecule has 5 rings (SSSR count). The Morgan fingerprint density at radius 2 is 2.03 bits per heavy atom. The molecule has 10 heteroatoms. The van der Waals surface area contributed by atoms with Gasteiger partial charge in [-0.15, -0.1) is 0 Å². The third-order valence-corrected chi connectivity index (χ3v) is 6.53. The molecule has 0 aliphatic rings. The summed E-state index contributed by atoms with van der Waals surface area (Å²) < 4.78 is 14.6. The highest BCUT2D eigenvalue weighted by molar-refractivity contribution is 5.97. The summed E-state index contributed by atoms with van der Waals surface area (Å²) in [4.78, 5) is 23.2. The fourth-order valence-corrected chi connectivity index (χ4v) is 4.41. The third kappa shape index (κ3) is 5.32. The summed E-state index contributed by atoms with van der Waals surface area (Å²) in [6, 6.07) is 6.91. The Labute approximate surface area is 225 Å². The number of allylic oxidation sites excluding steroid dienone is 3. The minimum atomic E-state index is -0.333. The first-order chi connectivity index (χ1) is 18.9. The number of halogens is 1. The van der Waals surface area contributed by atoms with E-state index in [2.05, 4.69) is 47.1 Å². The molecule has 0 saturated carbocycles. The van der Waals surface area contributed by atoms with Crippen LogP contribution in [0.25, 0.3) is 50.3 Å². The highest BCUT2D eigenvalue weighted by atomic mass is 19.1. The molecule has 0 bridgehead atoms. The van der Waals surface area contributed by atoms with Gasteiger partial charge in [-0.2, -0.15) is 5.10 Å². The Kier molecular flexibility index (Phi) is 7.29. The van der Waals surface area contributed by atoms with Gasteiger partial charge in [0.25, 0.3) is 0 Å². The smallest absolute Gasteiger partial charge is 0.181 e. The first-order valence-electron chi connectivity index (χ1n) is 12.6. The zero-order valence-electron chi connectivity index (χ0n) is 22.4.